The first-order valence-corrected chi connectivity index (χ1v) is 14.1. The minimum absolute atomic E-state index is 0.0491. The monoisotopic (exact) mass is 629 g/mol. The lowest BCUT2D eigenvalue weighted by Crippen LogP contribution is -2.46. The standard InChI is InChI=1S/C26H29F6N9OS/c1-24(2,3)40-12-14(10-34-40)22(42)33-11-19-36-37-23(43-19)21-20(25(28,29)26(30,31)32)17-6-5-7-18(41(17)38-21)35-16-8-9-39(4)13-15(16)27/h5-7,10,12,15-16,35H,8-9,11,13H2,1-4H3,(H,33,42)/t15-,16+/m0/s1. The second-order valence-electron chi connectivity index (χ2n) is 11.3. The van der Waals surface area contributed by atoms with Crippen LogP contribution in [0.15, 0.2) is 30.6 Å². The van der Waals surface area contributed by atoms with Gasteiger partial charge in [0.1, 0.15) is 22.7 Å². The Morgan fingerprint density at radius 3 is 2.53 bits per heavy atom. The van der Waals surface area contributed by atoms with Crippen molar-refractivity contribution in [2.75, 3.05) is 25.5 Å². The first-order valence-electron chi connectivity index (χ1n) is 13.3. The van der Waals surface area contributed by atoms with Gasteiger partial charge in [0.05, 0.1) is 41.0 Å². The van der Waals surface area contributed by atoms with Crippen molar-refractivity contribution in [1.29, 1.82) is 0 Å². The summed E-state index contributed by atoms with van der Waals surface area (Å²) in [5.74, 6) is -5.74. The van der Waals surface area contributed by atoms with Gasteiger partial charge in [0.2, 0.25) is 0 Å². The van der Waals surface area contributed by atoms with E-state index in [0.29, 0.717) is 24.3 Å². The van der Waals surface area contributed by atoms with E-state index in [0.717, 1.165) is 10.6 Å². The number of alkyl halides is 6. The summed E-state index contributed by atoms with van der Waals surface area (Å²) in [4.78, 5) is 14.4. The molecule has 1 fully saturated rings. The van der Waals surface area contributed by atoms with Gasteiger partial charge in [-0.15, -0.1) is 10.2 Å². The molecule has 2 atom stereocenters. The van der Waals surface area contributed by atoms with Gasteiger partial charge in [-0.1, -0.05) is 17.4 Å². The molecule has 0 radical (unpaired) electrons. The Balaban J connectivity index is 1.46. The van der Waals surface area contributed by atoms with E-state index in [4.69, 9.17) is 0 Å². The maximum atomic E-state index is 15.0. The van der Waals surface area contributed by atoms with Crippen LogP contribution < -0.4 is 10.6 Å². The predicted octanol–water partition coefficient (Wildman–Crippen LogP) is 4.84. The summed E-state index contributed by atoms with van der Waals surface area (Å²) in [7, 11) is 1.76. The third-order valence-corrected chi connectivity index (χ3v) is 7.94. The predicted molar refractivity (Wildman–Crippen MR) is 147 cm³/mol. The third-order valence-electron chi connectivity index (χ3n) is 7.01. The second-order valence-corrected chi connectivity index (χ2v) is 12.4. The fraction of sp³-hybridized carbons (Fsp3) is 0.500. The topological polar surface area (TPSA) is 105 Å². The van der Waals surface area contributed by atoms with E-state index in [1.54, 1.807) is 22.8 Å². The minimum Gasteiger partial charge on any atom is -0.364 e. The summed E-state index contributed by atoms with van der Waals surface area (Å²) >= 11 is 0.711. The van der Waals surface area contributed by atoms with Gasteiger partial charge >= 0.3 is 12.1 Å². The molecule has 1 saturated heterocycles. The maximum Gasteiger partial charge on any atom is 0.458 e. The lowest BCUT2D eigenvalue weighted by atomic mass is 10.0. The van der Waals surface area contributed by atoms with E-state index in [9.17, 15) is 22.4 Å². The second kappa shape index (κ2) is 11.1. The molecule has 232 valence electrons. The van der Waals surface area contributed by atoms with Crippen molar-refractivity contribution >= 4 is 28.6 Å². The van der Waals surface area contributed by atoms with Crippen molar-refractivity contribution in [2.45, 2.75) is 63.6 Å². The number of piperidine rings is 1. The Kier molecular flexibility index (Phi) is 7.91. The number of carbonyl (C=O) groups excluding carboxylic acids is 1. The number of halogens is 6. The molecule has 2 N–H and O–H groups in total. The highest BCUT2D eigenvalue weighted by Crippen LogP contribution is 2.49. The van der Waals surface area contributed by atoms with E-state index in [2.05, 4.69) is 31.0 Å². The first kappa shape index (κ1) is 30.7. The zero-order valence-corrected chi connectivity index (χ0v) is 24.4. The summed E-state index contributed by atoms with van der Waals surface area (Å²) in [6.07, 6.45) is -3.91. The van der Waals surface area contributed by atoms with Crippen LogP contribution in [0.1, 0.15) is 48.1 Å². The highest BCUT2D eigenvalue weighted by atomic mass is 32.1. The smallest absolute Gasteiger partial charge is 0.364 e. The summed E-state index contributed by atoms with van der Waals surface area (Å²) in [5, 5.41) is 21.4. The summed E-state index contributed by atoms with van der Waals surface area (Å²) in [5.41, 5.74) is -2.73. The normalized spacial score (nSPS) is 18.7. The average molecular weight is 630 g/mol. The molecule has 5 heterocycles. The van der Waals surface area contributed by atoms with E-state index >= 15 is 8.78 Å². The van der Waals surface area contributed by atoms with Crippen molar-refractivity contribution in [3.63, 3.8) is 0 Å². The Labute approximate surface area is 246 Å². The molecule has 5 rings (SSSR count). The van der Waals surface area contributed by atoms with E-state index in [-0.39, 0.29) is 40.0 Å². The van der Waals surface area contributed by atoms with Gasteiger partial charge in [-0.3, -0.25) is 9.48 Å². The quantitative estimate of drug-likeness (QED) is 0.282. The number of likely N-dealkylation sites (tertiary alicyclic amines) is 1. The Morgan fingerprint density at radius 1 is 1.14 bits per heavy atom. The third kappa shape index (κ3) is 6.04. The number of rotatable bonds is 7. The number of amides is 1. The van der Waals surface area contributed by atoms with Crippen LogP contribution in [0.5, 0.6) is 0 Å². The zero-order chi connectivity index (χ0) is 31.3. The summed E-state index contributed by atoms with van der Waals surface area (Å²) in [6.45, 7) is 6.26. The van der Waals surface area contributed by atoms with Crippen molar-refractivity contribution in [3.05, 3.63) is 46.7 Å². The maximum absolute atomic E-state index is 15.0. The molecule has 0 saturated carbocycles. The number of hydrogen-bond acceptors (Lipinski definition) is 8. The van der Waals surface area contributed by atoms with Gasteiger partial charge in [0.15, 0.2) is 5.01 Å². The molecule has 1 aliphatic heterocycles. The van der Waals surface area contributed by atoms with Crippen LogP contribution in [0.25, 0.3) is 16.2 Å². The number of nitrogens with zero attached hydrogens (tertiary/aromatic N) is 7. The molecule has 0 aromatic carbocycles. The SMILES string of the molecule is CN1CC[C@@H](Nc2cccc3c(C(F)(F)C(F)(F)F)c(-c4nnc(CNC(=O)c5cnn(C(C)(C)C)c5)s4)nn23)[C@@H](F)C1. The van der Waals surface area contributed by atoms with Crippen molar-refractivity contribution in [3.8, 4) is 10.7 Å². The molecule has 0 unspecified atom stereocenters. The highest BCUT2D eigenvalue weighted by Gasteiger charge is 2.61. The number of pyridine rings is 1. The number of anilines is 1. The number of aromatic nitrogens is 6. The number of nitrogens with one attached hydrogen (secondary N) is 2. The lowest BCUT2D eigenvalue weighted by molar-refractivity contribution is -0.288. The van der Waals surface area contributed by atoms with Crippen LogP contribution in [0.3, 0.4) is 0 Å². The molecule has 0 aliphatic carbocycles. The van der Waals surface area contributed by atoms with Gasteiger partial charge in [-0.2, -0.15) is 32.1 Å². The highest BCUT2D eigenvalue weighted by molar-refractivity contribution is 7.14. The lowest BCUT2D eigenvalue weighted by Gasteiger charge is -2.33. The van der Waals surface area contributed by atoms with Crippen molar-refractivity contribution in [2.24, 2.45) is 0 Å². The molecule has 4 aromatic rings. The fourth-order valence-corrected chi connectivity index (χ4v) is 5.45. The zero-order valence-electron chi connectivity index (χ0n) is 23.6. The van der Waals surface area contributed by atoms with E-state index in [1.165, 1.54) is 18.3 Å². The van der Waals surface area contributed by atoms with Gasteiger partial charge in [0, 0.05) is 19.3 Å². The van der Waals surface area contributed by atoms with Gasteiger partial charge < -0.3 is 15.5 Å². The first-order chi connectivity index (χ1) is 20.1. The molecular formula is C26H29F6N9OS. The number of carbonyl (C=O) groups is 1. The van der Waals surface area contributed by atoms with Crippen molar-refractivity contribution in [1.82, 2.24) is 39.8 Å². The molecule has 43 heavy (non-hydrogen) atoms. The van der Waals surface area contributed by atoms with Crippen LogP contribution in [0.4, 0.5) is 32.2 Å². The Hall–Kier alpha value is -3.73. The molecule has 10 nitrogen and oxygen atoms in total. The summed E-state index contributed by atoms with van der Waals surface area (Å²) < 4.78 is 88.4. The van der Waals surface area contributed by atoms with Crippen molar-refractivity contribution < 1.29 is 31.1 Å². The largest absolute Gasteiger partial charge is 0.458 e. The van der Waals surface area contributed by atoms with Crippen LogP contribution in [-0.4, -0.2) is 78.9 Å². The molecular weight excluding hydrogens is 600 g/mol. The molecule has 1 amide bonds. The molecule has 1 aliphatic rings. The van der Waals surface area contributed by atoms with Crippen LogP contribution >= 0.6 is 11.3 Å². The molecule has 0 bridgehead atoms. The average Bonchev–Trinajstić information content (AvgIpc) is 3.66. The molecule has 17 heteroatoms. The van der Waals surface area contributed by atoms with E-state index in [1.807, 2.05) is 20.8 Å². The number of hydrogen-bond donors (Lipinski definition) is 2. The Bertz CT molecular complexity index is 1620. The van der Waals surface area contributed by atoms with Gasteiger partial charge in [-0.05, 0) is 46.4 Å². The minimum atomic E-state index is -5.94. The van der Waals surface area contributed by atoms with Crippen LogP contribution in [0, 0.1) is 0 Å². The molecule has 0 spiro atoms. The van der Waals surface area contributed by atoms with E-state index < -0.39 is 47.0 Å². The van der Waals surface area contributed by atoms with Crippen LogP contribution in [0.2, 0.25) is 0 Å². The Morgan fingerprint density at radius 2 is 1.88 bits per heavy atom. The summed E-state index contributed by atoms with van der Waals surface area (Å²) in [6, 6.07) is 3.10. The van der Waals surface area contributed by atoms with Gasteiger partial charge in [0.25, 0.3) is 5.91 Å². The van der Waals surface area contributed by atoms with Gasteiger partial charge in [-0.25, -0.2) is 8.91 Å². The fourth-order valence-electron chi connectivity index (χ4n) is 4.67. The number of fused-ring (bicyclic) bond motifs is 1. The van der Waals surface area contributed by atoms with Crippen LogP contribution in [-0.2, 0) is 18.0 Å². The molecule has 4 aromatic heterocycles.